The number of carboxylic acid groups (broad SMARTS) is 1. The van der Waals surface area contributed by atoms with Crippen LogP contribution in [0.1, 0.15) is 10.4 Å². The summed E-state index contributed by atoms with van der Waals surface area (Å²) in [5.41, 5.74) is 9.68. The van der Waals surface area contributed by atoms with E-state index >= 15 is 0 Å². The van der Waals surface area contributed by atoms with Gasteiger partial charge in [-0.2, -0.15) is 5.21 Å². The predicted octanol–water partition coefficient (Wildman–Crippen LogP) is 3.39. The number of hydrogen-bond acceptors (Lipinski definition) is 5. The maximum atomic E-state index is 11.6. The first-order valence-electron chi connectivity index (χ1n) is 8.91. The third-order valence-corrected chi connectivity index (χ3v) is 4.54. The zero-order valence-corrected chi connectivity index (χ0v) is 15.5. The van der Waals surface area contributed by atoms with Gasteiger partial charge in [0.2, 0.25) is 5.82 Å². The molecule has 0 bridgehead atoms. The summed E-state index contributed by atoms with van der Waals surface area (Å²) >= 11 is 0. The van der Waals surface area contributed by atoms with Crippen LogP contribution in [-0.4, -0.2) is 37.7 Å². The highest BCUT2D eigenvalue weighted by Gasteiger charge is 2.21. The lowest BCUT2D eigenvalue weighted by atomic mass is 9.88. The minimum Gasteiger partial charge on any atom is -0.478 e. The van der Waals surface area contributed by atoms with Crippen molar-refractivity contribution in [3.63, 3.8) is 0 Å². The summed E-state index contributed by atoms with van der Waals surface area (Å²) in [6, 6.07) is 18.8. The number of aromatic carboxylic acids is 1. The van der Waals surface area contributed by atoms with Crippen molar-refractivity contribution in [2.45, 2.75) is 0 Å². The molecule has 4 aromatic rings. The van der Waals surface area contributed by atoms with E-state index < -0.39 is 12.0 Å². The molecule has 1 heterocycles. The number of nitrogens with zero attached hydrogens (tertiary/aromatic N) is 3. The average Bonchev–Trinajstić information content (AvgIpc) is 3.28. The van der Waals surface area contributed by atoms with Gasteiger partial charge in [0.05, 0.1) is 16.8 Å². The average molecular weight is 400 g/mol. The topological polar surface area (TPSA) is 147 Å². The molecule has 0 aliphatic carbocycles. The summed E-state index contributed by atoms with van der Waals surface area (Å²) in [6.45, 7) is 0. The van der Waals surface area contributed by atoms with Gasteiger partial charge in [0.25, 0.3) is 0 Å². The number of amides is 2. The molecule has 0 aliphatic rings. The van der Waals surface area contributed by atoms with Crippen molar-refractivity contribution in [1.29, 1.82) is 0 Å². The molecule has 0 saturated carbocycles. The number of tetrazole rings is 1. The third kappa shape index (κ3) is 3.59. The number of carboxylic acids is 1. The van der Waals surface area contributed by atoms with E-state index in [0.29, 0.717) is 11.3 Å². The predicted molar refractivity (Wildman–Crippen MR) is 111 cm³/mol. The Hall–Kier alpha value is -4.53. The highest BCUT2D eigenvalue weighted by molar-refractivity contribution is 6.02. The molecule has 0 radical (unpaired) electrons. The van der Waals surface area contributed by atoms with Crippen molar-refractivity contribution in [1.82, 2.24) is 20.6 Å². The number of benzene rings is 3. The lowest BCUT2D eigenvalue weighted by Gasteiger charge is -2.18. The fourth-order valence-electron chi connectivity index (χ4n) is 3.28. The number of nitrogens with one attached hydrogen (secondary N) is 2. The number of carbonyl (C=O) groups excluding carboxylic acids is 1. The van der Waals surface area contributed by atoms with Crippen LogP contribution >= 0.6 is 0 Å². The van der Waals surface area contributed by atoms with E-state index in [1.165, 1.54) is 12.1 Å². The van der Waals surface area contributed by atoms with Gasteiger partial charge in [-0.3, -0.25) is 0 Å². The van der Waals surface area contributed by atoms with Crippen LogP contribution < -0.4 is 11.1 Å². The number of aromatic amines is 1. The van der Waals surface area contributed by atoms with Crippen LogP contribution in [-0.2, 0) is 0 Å². The van der Waals surface area contributed by atoms with Crippen molar-refractivity contribution < 1.29 is 14.7 Å². The van der Waals surface area contributed by atoms with Gasteiger partial charge in [-0.15, -0.1) is 10.2 Å². The fraction of sp³-hybridized carbons (Fsp3) is 0. The zero-order chi connectivity index (χ0) is 21.1. The van der Waals surface area contributed by atoms with Gasteiger partial charge in [-0.05, 0) is 40.1 Å². The third-order valence-electron chi connectivity index (χ3n) is 4.54. The van der Waals surface area contributed by atoms with Crippen molar-refractivity contribution in [2.75, 3.05) is 5.32 Å². The van der Waals surface area contributed by atoms with Gasteiger partial charge in [0.1, 0.15) is 0 Å². The Morgan fingerprint density at radius 2 is 1.63 bits per heavy atom. The molecule has 0 saturated heterocycles. The molecule has 4 rings (SSSR count). The second-order valence-electron chi connectivity index (χ2n) is 6.38. The number of aromatic nitrogens is 4. The highest BCUT2D eigenvalue weighted by Crippen LogP contribution is 2.43. The maximum Gasteiger partial charge on any atom is 0.335 e. The Balaban J connectivity index is 2.02. The van der Waals surface area contributed by atoms with Crippen LogP contribution in [0.15, 0.2) is 66.7 Å². The van der Waals surface area contributed by atoms with E-state index in [-0.39, 0.29) is 11.4 Å². The molecule has 0 aliphatic heterocycles. The normalized spacial score (nSPS) is 10.5. The number of nitrogens with two attached hydrogens (primary N) is 1. The van der Waals surface area contributed by atoms with Crippen molar-refractivity contribution in [2.24, 2.45) is 5.73 Å². The largest absolute Gasteiger partial charge is 0.478 e. The first-order valence-corrected chi connectivity index (χ1v) is 8.91. The number of H-pyrrole nitrogens is 1. The summed E-state index contributed by atoms with van der Waals surface area (Å²) in [6.07, 6.45) is 0. The van der Waals surface area contributed by atoms with Crippen LogP contribution in [0.2, 0.25) is 0 Å². The van der Waals surface area contributed by atoms with Gasteiger partial charge < -0.3 is 16.2 Å². The quantitative estimate of drug-likeness (QED) is 0.404. The molecular weight excluding hydrogens is 384 g/mol. The van der Waals surface area contributed by atoms with E-state index in [1.54, 1.807) is 18.2 Å². The Bertz CT molecular complexity index is 1210. The molecule has 9 nitrogen and oxygen atoms in total. The van der Waals surface area contributed by atoms with Crippen molar-refractivity contribution in [3.8, 4) is 33.6 Å². The van der Waals surface area contributed by atoms with Gasteiger partial charge >= 0.3 is 12.0 Å². The number of urea groups is 1. The second-order valence-corrected chi connectivity index (χ2v) is 6.38. The molecule has 30 heavy (non-hydrogen) atoms. The minimum atomic E-state index is -1.00. The number of anilines is 1. The van der Waals surface area contributed by atoms with Gasteiger partial charge in [0, 0.05) is 5.56 Å². The molecule has 2 amide bonds. The molecule has 3 aromatic carbocycles. The first-order chi connectivity index (χ1) is 14.5. The number of carbonyl (C=O) groups is 2. The molecule has 148 valence electrons. The summed E-state index contributed by atoms with van der Waals surface area (Å²) in [5.74, 6) is -0.722. The van der Waals surface area contributed by atoms with E-state index in [9.17, 15) is 14.7 Å². The smallest absolute Gasteiger partial charge is 0.335 e. The Morgan fingerprint density at radius 3 is 2.23 bits per heavy atom. The SMILES string of the molecule is NC(=O)Nc1ccc(-c2ccc(C(=O)O)cc2)c(-c2ccccc2)c1-c1nn[nH]n1. The molecule has 0 spiro atoms. The number of rotatable bonds is 5. The van der Waals surface area contributed by atoms with Gasteiger partial charge in [-0.1, -0.05) is 48.5 Å². The lowest BCUT2D eigenvalue weighted by molar-refractivity contribution is 0.0697. The molecule has 9 heteroatoms. The summed E-state index contributed by atoms with van der Waals surface area (Å²) < 4.78 is 0. The van der Waals surface area contributed by atoms with Crippen molar-refractivity contribution >= 4 is 17.7 Å². The summed E-state index contributed by atoms with van der Waals surface area (Å²) in [4.78, 5) is 22.8. The van der Waals surface area contributed by atoms with E-state index in [2.05, 4.69) is 25.9 Å². The number of hydrogen-bond donors (Lipinski definition) is 4. The Labute approximate surface area is 170 Å². The monoisotopic (exact) mass is 400 g/mol. The van der Waals surface area contributed by atoms with Gasteiger partial charge in [0.15, 0.2) is 0 Å². The molecule has 0 atom stereocenters. The van der Waals surface area contributed by atoms with E-state index in [4.69, 9.17) is 5.73 Å². The standard InChI is InChI=1S/C21H16N6O3/c22-21(30)23-16-11-10-15(12-6-8-14(9-7-12)20(28)29)17(13-4-2-1-3-5-13)18(16)19-24-26-27-25-19/h1-11H,(H,28,29)(H3,22,23,30)(H,24,25,26,27). The van der Waals surface area contributed by atoms with Gasteiger partial charge in [-0.25, -0.2) is 9.59 Å². The minimum absolute atomic E-state index is 0.186. The van der Waals surface area contributed by atoms with E-state index in [0.717, 1.165) is 22.3 Å². The molecule has 5 N–H and O–H groups in total. The maximum absolute atomic E-state index is 11.6. The Kier molecular flexibility index (Phi) is 4.92. The van der Waals surface area contributed by atoms with Crippen LogP contribution in [0.5, 0.6) is 0 Å². The fourth-order valence-corrected chi connectivity index (χ4v) is 3.28. The molecular formula is C21H16N6O3. The van der Waals surface area contributed by atoms with Crippen molar-refractivity contribution in [3.05, 3.63) is 72.3 Å². The molecule has 1 aromatic heterocycles. The molecule has 0 unspecified atom stereocenters. The second kappa shape index (κ2) is 7.84. The highest BCUT2D eigenvalue weighted by atomic mass is 16.4. The zero-order valence-electron chi connectivity index (χ0n) is 15.5. The molecule has 0 fully saturated rings. The number of primary amides is 1. The van der Waals surface area contributed by atoms with E-state index in [1.807, 2.05) is 36.4 Å². The van der Waals surface area contributed by atoms with Crippen LogP contribution in [0.3, 0.4) is 0 Å². The van der Waals surface area contributed by atoms with Crippen LogP contribution in [0, 0.1) is 0 Å². The van der Waals surface area contributed by atoms with Crippen LogP contribution in [0.4, 0.5) is 10.5 Å². The first kappa shape index (κ1) is 18.8. The summed E-state index contributed by atoms with van der Waals surface area (Å²) in [7, 11) is 0. The summed E-state index contributed by atoms with van der Waals surface area (Å²) in [5, 5.41) is 26.1. The lowest BCUT2D eigenvalue weighted by Crippen LogP contribution is -2.20. The van der Waals surface area contributed by atoms with Crippen LogP contribution in [0.25, 0.3) is 33.6 Å². The Morgan fingerprint density at radius 1 is 0.900 bits per heavy atom.